The zero-order valence-corrected chi connectivity index (χ0v) is 15.4. The molecule has 3 amide bonds. The summed E-state index contributed by atoms with van der Waals surface area (Å²) < 4.78 is 5.70. The molecule has 2 aromatic heterocycles. The Morgan fingerprint density at radius 2 is 1.93 bits per heavy atom. The quantitative estimate of drug-likeness (QED) is 0.603. The average molecular weight is 402 g/mol. The maximum absolute atomic E-state index is 12.3. The van der Waals surface area contributed by atoms with E-state index in [0.29, 0.717) is 27.5 Å². The fourth-order valence-corrected chi connectivity index (χ4v) is 3.21. The van der Waals surface area contributed by atoms with E-state index in [1.54, 1.807) is 23.1 Å². The first-order chi connectivity index (χ1) is 13.5. The molecule has 1 saturated heterocycles. The summed E-state index contributed by atoms with van der Waals surface area (Å²) >= 11 is 6.29. The summed E-state index contributed by atoms with van der Waals surface area (Å²) in [5, 5.41) is 14.3. The van der Waals surface area contributed by atoms with Crippen LogP contribution in [-0.2, 0) is 0 Å². The average Bonchev–Trinajstić information content (AvgIpc) is 3.32. The number of rotatable bonds is 3. The van der Waals surface area contributed by atoms with Crippen LogP contribution in [-0.4, -0.2) is 45.2 Å². The molecule has 28 heavy (non-hydrogen) atoms. The second-order valence-electron chi connectivity index (χ2n) is 6.31. The minimum Gasteiger partial charge on any atom is -0.465 e. The van der Waals surface area contributed by atoms with Crippen molar-refractivity contribution in [1.29, 1.82) is 0 Å². The third kappa shape index (κ3) is 3.70. The number of fused-ring (bicyclic) bond motifs is 1. The molecule has 0 bridgehead atoms. The minimum absolute atomic E-state index is 0.158. The van der Waals surface area contributed by atoms with E-state index in [-0.39, 0.29) is 17.6 Å². The number of hydrogen-bond donors (Lipinski definition) is 3. The van der Waals surface area contributed by atoms with Crippen LogP contribution in [0.15, 0.2) is 34.9 Å². The van der Waals surface area contributed by atoms with Gasteiger partial charge >= 0.3 is 12.1 Å². The third-order valence-corrected chi connectivity index (χ3v) is 4.67. The van der Waals surface area contributed by atoms with Gasteiger partial charge in [0.2, 0.25) is 5.89 Å². The third-order valence-electron chi connectivity index (χ3n) is 4.34. The van der Waals surface area contributed by atoms with Gasteiger partial charge in [0.15, 0.2) is 11.2 Å². The molecule has 3 N–H and O–H groups in total. The van der Waals surface area contributed by atoms with Gasteiger partial charge in [-0.25, -0.2) is 14.6 Å². The number of nitrogens with one attached hydrogen (secondary N) is 2. The molecular weight excluding hydrogens is 386 g/mol. The first kappa shape index (κ1) is 18.1. The summed E-state index contributed by atoms with van der Waals surface area (Å²) in [7, 11) is 0. The topological polar surface area (TPSA) is 121 Å². The van der Waals surface area contributed by atoms with Crippen molar-refractivity contribution in [2.75, 3.05) is 23.7 Å². The Hall–Kier alpha value is -3.33. The number of urea groups is 1. The summed E-state index contributed by atoms with van der Waals surface area (Å²) in [6.45, 7) is 1.49. The van der Waals surface area contributed by atoms with Crippen molar-refractivity contribution in [3.05, 3.63) is 35.5 Å². The molecule has 3 aromatic rings. The summed E-state index contributed by atoms with van der Waals surface area (Å²) in [6.07, 6.45) is 2.16. The minimum atomic E-state index is -1.20. The van der Waals surface area contributed by atoms with Crippen molar-refractivity contribution in [2.24, 2.45) is 0 Å². The number of carbonyl (C=O) groups is 2. The number of nitrogens with zero attached hydrogens (tertiary/aromatic N) is 3. The molecule has 1 fully saturated rings. The molecule has 9 nitrogen and oxygen atoms in total. The molecule has 0 aliphatic carbocycles. The number of pyridine rings is 1. The lowest BCUT2D eigenvalue weighted by molar-refractivity contribution is 0.209. The Morgan fingerprint density at radius 3 is 2.68 bits per heavy atom. The summed E-state index contributed by atoms with van der Waals surface area (Å²) in [4.78, 5) is 33.2. The number of carboxylic acid groups (broad SMARTS) is 1. The second-order valence-corrected chi connectivity index (χ2v) is 6.72. The number of anilines is 2. The van der Waals surface area contributed by atoms with Crippen LogP contribution in [0.2, 0.25) is 5.02 Å². The lowest BCUT2D eigenvalue weighted by Crippen LogP contribution is -2.32. The highest BCUT2D eigenvalue weighted by Gasteiger charge is 2.19. The highest BCUT2D eigenvalue weighted by atomic mass is 35.5. The van der Waals surface area contributed by atoms with Gasteiger partial charge < -0.3 is 19.7 Å². The molecule has 1 aliphatic rings. The summed E-state index contributed by atoms with van der Waals surface area (Å²) in [6, 6.07) is 6.36. The van der Waals surface area contributed by atoms with Gasteiger partial charge in [-0.05, 0) is 31.0 Å². The van der Waals surface area contributed by atoms with E-state index >= 15 is 0 Å². The predicted molar refractivity (Wildman–Crippen MR) is 104 cm³/mol. The van der Waals surface area contributed by atoms with E-state index in [1.165, 1.54) is 12.3 Å². The van der Waals surface area contributed by atoms with Crippen LogP contribution in [0.5, 0.6) is 0 Å². The maximum Gasteiger partial charge on any atom is 0.409 e. The Kier molecular flexibility index (Phi) is 4.74. The molecule has 0 spiro atoms. The fraction of sp³-hybridized carbons (Fsp3) is 0.222. The van der Waals surface area contributed by atoms with Crippen molar-refractivity contribution < 1.29 is 19.1 Å². The van der Waals surface area contributed by atoms with Gasteiger partial charge in [-0.15, -0.1) is 0 Å². The zero-order chi connectivity index (χ0) is 19.7. The van der Waals surface area contributed by atoms with Crippen molar-refractivity contribution in [3.8, 4) is 11.5 Å². The number of aromatic nitrogens is 2. The van der Waals surface area contributed by atoms with E-state index in [9.17, 15) is 9.59 Å². The number of hydrogen-bond acceptors (Lipinski definition) is 5. The lowest BCUT2D eigenvalue weighted by Gasteiger charge is -2.16. The van der Waals surface area contributed by atoms with E-state index < -0.39 is 6.09 Å². The molecule has 0 unspecified atom stereocenters. The number of benzene rings is 1. The van der Waals surface area contributed by atoms with Crippen LogP contribution in [0.3, 0.4) is 0 Å². The highest BCUT2D eigenvalue weighted by Crippen LogP contribution is 2.32. The van der Waals surface area contributed by atoms with Crippen molar-refractivity contribution in [3.63, 3.8) is 0 Å². The van der Waals surface area contributed by atoms with Gasteiger partial charge in [0, 0.05) is 24.8 Å². The number of amides is 3. The van der Waals surface area contributed by atoms with Gasteiger partial charge in [0.1, 0.15) is 0 Å². The molecule has 0 saturated carbocycles. The molecule has 4 rings (SSSR count). The van der Waals surface area contributed by atoms with Crippen molar-refractivity contribution in [2.45, 2.75) is 12.8 Å². The molecule has 3 heterocycles. The molecule has 1 aromatic carbocycles. The lowest BCUT2D eigenvalue weighted by atomic mass is 10.2. The summed E-state index contributed by atoms with van der Waals surface area (Å²) in [5.74, 6) is 0.220. The molecule has 144 valence electrons. The van der Waals surface area contributed by atoms with E-state index in [1.807, 2.05) is 0 Å². The molecule has 1 aliphatic heterocycles. The smallest absolute Gasteiger partial charge is 0.409 e. The fourth-order valence-electron chi connectivity index (χ4n) is 3.02. The molecular formula is C18H16ClN5O4. The predicted octanol–water partition coefficient (Wildman–Crippen LogP) is 4.26. The van der Waals surface area contributed by atoms with Crippen LogP contribution in [0.25, 0.3) is 22.7 Å². The van der Waals surface area contributed by atoms with Crippen molar-refractivity contribution in [1.82, 2.24) is 14.9 Å². The van der Waals surface area contributed by atoms with Crippen LogP contribution in [0, 0.1) is 0 Å². The highest BCUT2D eigenvalue weighted by molar-refractivity contribution is 6.33. The van der Waals surface area contributed by atoms with Crippen LogP contribution in [0.4, 0.5) is 21.0 Å². The number of carbonyl (C=O) groups excluding carboxylic acids is 1. The van der Waals surface area contributed by atoms with Gasteiger partial charge in [-0.3, -0.25) is 5.32 Å². The van der Waals surface area contributed by atoms with Gasteiger partial charge in [0.25, 0.3) is 0 Å². The maximum atomic E-state index is 12.3. The van der Waals surface area contributed by atoms with E-state index in [2.05, 4.69) is 20.6 Å². The van der Waals surface area contributed by atoms with E-state index in [4.69, 9.17) is 21.1 Å². The normalized spacial score (nSPS) is 13.7. The zero-order valence-electron chi connectivity index (χ0n) is 14.6. The SMILES string of the molecule is O=C(O)Nc1cnc2nc(-c3cc(NC(=O)N4CCCC4)ccc3Cl)oc2c1. The second kappa shape index (κ2) is 7.35. The Labute approximate surface area is 164 Å². The van der Waals surface area contributed by atoms with Gasteiger partial charge in [0.05, 0.1) is 22.5 Å². The van der Waals surface area contributed by atoms with Crippen LogP contribution < -0.4 is 10.6 Å². The van der Waals surface area contributed by atoms with Crippen LogP contribution in [0.1, 0.15) is 12.8 Å². The Balaban J connectivity index is 1.62. The Bertz CT molecular complexity index is 1060. The molecule has 10 heteroatoms. The van der Waals surface area contributed by atoms with Gasteiger partial charge in [-0.2, -0.15) is 4.98 Å². The number of oxazole rings is 1. The van der Waals surface area contributed by atoms with Gasteiger partial charge in [-0.1, -0.05) is 11.6 Å². The van der Waals surface area contributed by atoms with Crippen LogP contribution >= 0.6 is 11.6 Å². The number of halogens is 1. The first-order valence-electron chi connectivity index (χ1n) is 8.62. The van der Waals surface area contributed by atoms with E-state index in [0.717, 1.165) is 25.9 Å². The van der Waals surface area contributed by atoms with Crippen molar-refractivity contribution >= 4 is 46.3 Å². The number of likely N-dealkylation sites (tertiary alicyclic amines) is 1. The largest absolute Gasteiger partial charge is 0.465 e. The Morgan fingerprint density at radius 1 is 1.14 bits per heavy atom. The molecule has 0 radical (unpaired) electrons. The monoisotopic (exact) mass is 401 g/mol. The summed E-state index contributed by atoms with van der Waals surface area (Å²) in [5.41, 5.74) is 1.95. The first-order valence-corrected chi connectivity index (χ1v) is 9.00. The molecule has 0 atom stereocenters. The standard InChI is InChI=1S/C18H16ClN5O4/c19-13-4-3-10(21-17(25)24-5-1-2-6-24)7-12(13)16-23-15-14(28-16)8-11(9-20-15)22-18(26)27/h3-4,7-9,22H,1-2,5-6H2,(H,21,25)(H,26,27).